The molecule has 2 atom stereocenters. The average molecular weight is 350 g/mol. The van der Waals surface area contributed by atoms with Crippen LogP contribution in [-0.4, -0.2) is 20.9 Å². The van der Waals surface area contributed by atoms with Gasteiger partial charge in [-0.2, -0.15) is 0 Å². The second-order valence-electron chi connectivity index (χ2n) is 6.21. The summed E-state index contributed by atoms with van der Waals surface area (Å²) in [5, 5.41) is 28.8. The molecule has 1 aromatic heterocycles. The zero-order chi connectivity index (χ0) is 18.3. The Morgan fingerprint density at radius 3 is 2.73 bits per heavy atom. The number of benzene rings is 2. The number of carbonyl (C=O) groups excluding carboxylic acids is 1. The highest BCUT2D eigenvalue weighted by Crippen LogP contribution is 2.48. The van der Waals surface area contributed by atoms with Gasteiger partial charge >= 0.3 is 0 Å². The normalized spacial score (nSPS) is 19.1. The molecule has 4 rings (SSSR count). The van der Waals surface area contributed by atoms with Crippen molar-refractivity contribution in [3.8, 4) is 5.88 Å². The summed E-state index contributed by atoms with van der Waals surface area (Å²) >= 11 is 0. The average Bonchev–Trinajstić information content (AvgIpc) is 3.38. The number of fused-ring (bicyclic) bond motifs is 1. The molecule has 0 unspecified atom stereocenters. The smallest absolute Gasteiger partial charge is 0.270 e. The summed E-state index contributed by atoms with van der Waals surface area (Å²) in [5.74, 6) is -0.728. The predicted octanol–water partition coefficient (Wildman–Crippen LogP) is 4.20. The maximum atomic E-state index is 12.2. The zero-order valence-corrected chi connectivity index (χ0v) is 13.5. The number of H-pyrrole nitrogens is 1. The summed E-state index contributed by atoms with van der Waals surface area (Å²) in [6.45, 7) is 0. The van der Waals surface area contributed by atoms with Crippen LogP contribution in [0.3, 0.4) is 0 Å². The molecule has 8 nitrogen and oxygen atoms in total. The van der Waals surface area contributed by atoms with Gasteiger partial charge < -0.3 is 10.1 Å². The molecule has 8 heteroatoms. The highest BCUT2D eigenvalue weighted by Gasteiger charge is 2.44. The minimum Gasteiger partial charge on any atom is -0.493 e. The molecule has 1 saturated carbocycles. The van der Waals surface area contributed by atoms with Gasteiger partial charge in [-0.3, -0.25) is 14.9 Å². The van der Waals surface area contributed by atoms with Crippen molar-refractivity contribution in [2.45, 2.75) is 12.3 Å². The van der Waals surface area contributed by atoms with Crippen molar-refractivity contribution in [3.63, 3.8) is 0 Å². The van der Waals surface area contributed by atoms with E-state index in [0.717, 1.165) is 5.56 Å². The number of carbonyl (C=O) groups is 1. The highest BCUT2D eigenvalue weighted by molar-refractivity contribution is 5.96. The van der Waals surface area contributed by atoms with Crippen LogP contribution in [-0.2, 0) is 4.79 Å². The molecule has 26 heavy (non-hydrogen) atoms. The monoisotopic (exact) mass is 350 g/mol. The highest BCUT2D eigenvalue weighted by atomic mass is 16.6. The van der Waals surface area contributed by atoms with Crippen LogP contribution in [0.1, 0.15) is 17.9 Å². The van der Waals surface area contributed by atoms with Crippen LogP contribution in [0.25, 0.3) is 10.9 Å². The summed E-state index contributed by atoms with van der Waals surface area (Å²) in [5.41, 5.74) is 1.45. The number of hydrogen-bond donors (Lipinski definition) is 2. The van der Waals surface area contributed by atoms with E-state index in [1.807, 2.05) is 30.3 Å². The number of aromatic hydroxyl groups is 1. The Morgan fingerprint density at radius 1 is 1.23 bits per heavy atom. The molecule has 0 bridgehead atoms. The number of non-ortho nitro benzene ring substituents is 1. The standard InChI is InChI=1S/C18H14N4O4/c23-17(13-9-12(13)10-4-2-1-3-5-10)21-20-16-14-8-11(22(25)26)6-7-15(14)19-18(16)24/h1-8,12-13,19,24H,9H2/t12-,13-/m0/s1. The first-order valence-electron chi connectivity index (χ1n) is 8.04. The Hall–Kier alpha value is -3.55. The fourth-order valence-electron chi connectivity index (χ4n) is 3.08. The second-order valence-corrected chi connectivity index (χ2v) is 6.21. The minimum atomic E-state index is -0.537. The molecule has 0 saturated heterocycles. The van der Waals surface area contributed by atoms with Gasteiger partial charge in [-0.1, -0.05) is 30.3 Å². The molecule has 1 fully saturated rings. The van der Waals surface area contributed by atoms with Gasteiger partial charge in [0.05, 0.1) is 10.4 Å². The van der Waals surface area contributed by atoms with Crippen LogP contribution in [0, 0.1) is 16.0 Å². The Bertz CT molecular complexity index is 1040. The van der Waals surface area contributed by atoms with Crippen molar-refractivity contribution in [1.29, 1.82) is 0 Å². The molecular weight excluding hydrogens is 336 g/mol. The summed E-state index contributed by atoms with van der Waals surface area (Å²) < 4.78 is 0. The zero-order valence-electron chi connectivity index (χ0n) is 13.5. The Morgan fingerprint density at radius 2 is 2.00 bits per heavy atom. The van der Waals surface area contributed by atoms with Crippen LogP contribution in [0.4, 0.5) is 11.4 Å². The van der Waals surface area contributed by atoms with E-state index in [2.05, 4.69) is 15.2 Å². The third kappa shape index (κ3) is 2.81. The van der Waals surface area contributed by atoms with Crippen LogP contribution in [0.2, 0.25) is 0 Å². The minimum absolute atomic E-state index is 0.0222. The van der Waals surface area contributed by atoms with Crippen molar-refractivity contribution in [2.75, 3.05) is 0 Å². The van der Waals surface area contributed by atoms with Crippen molar-refractivity contribution in [3.05, 3.63) is 64.2 Å². The first kappa shape index (κ1) is 15.9. The molecule has 0 aliphatic heterocycles. The number of rotatable bonds is 4. The number of aromatic amines is 1. The first-order chi connectivity index (χ1) is 12.5. The number of nitro benzene ring substituents is 1. The van der Waals surface area contributed by atoms with Gasteiger partial charge in [0, 0.05) is 23.4 Å². The lowest BCUT2D eigenvalue weighted by Crippen LogP contribution is -1.96. The second kappa shape index (κ2) is 6.07. The Kier molecular flexibility index (Phi) is 3.72. The Labute approximate surface area is 147 Å². The molecule has 2 N–H and O–H groups in total. The van der Waals surface area contributed by atoms with Gasteiger partial charge in [0.25, 0.3) is 11.6 Å². The molecule has 130 valence electrons. The van der Waals surface area contributed by atoms with E-state index in [1.165, 1.54) is 18.2 Å². The molecule has 1 heterocycles. The van der Waals surface area contributed by atoms with Gasteiger partial charge in [-0.05, 0) is 24.0 Å². The van der Waals surface area contributed by atoms with E-state index >= 15 is 0 Å². The van der Waals surface area contributed by atoms with E-state index in [1.54, 1.807) is 0 Å². The summed E-state index contributed by atoms with van der Waals surface area (Å²) in [7, 11) is 0. The maximum Gasteiger partial charge on any atom is 0.270 e. The SMILES string of the molecule is O=C(N=Nc1c(O)[nH]c2ccc([N+](=O)[O-])cc12)[C@H]1C[C@H]1c1ccccc1. The largest absolute Gasteiger partial charge is 0.493 e. The molecule has 1 aliphatic rings. The van der Waals surface area contributed by atoms with Crippen molar-refractivity contribution < 1.29 is 14.8 Å². The van der Waals surface area contributed by atoms with Gasteiger partial charge in [-0.25, -0.2) is 0 Å². The van der Waals surface area contributed by atoms with Crippen LogP contribution in [0.5, 0.6) is 5.88 Å². The third-order valence-corrected chi connectivity index (χ3v) is 4.53. The van der Waals surface area contributed by atoms with E-state index < -0.39 is 4.92 Å². The number of amides is 1. The number of nitro groups is 1. The van der Waals surface area contributed by atoms with Crippen LogP contribution >= 0.6 is 0 Å². The fraction of sp³-hybridized carbons (Fsp3) is 0.167. The van der Waals surface area contributed by atoms with E-state index in [4.69, 9.17) is 0 Å². The summed E-state index contributed by atoms with van der Waals surface area (Å²) in [6, 6.07) is 13.8. The van der Waals surface area contributed by atoms with Gasteiger partial charge in [-0.15, -0.1) is 10.2 Å². The van der Waals surface area contributed by atoms with Crippen molar-refractivity contribution in [1.82, 2.24) is 4.98 Å². The lowest BCUT2D eigenvalue weighted by atomic mass is 10.1. The van der Waals surface area contributed by atoms with Gasteiger partial charge in [0.2, 0.25) is 5.88 Å². The molecule has 1 aliphatic carbocycles. The number of nitrogens with zero attached hydrogens (tertiary/aromatic N) is 3. The lowest BCUT2D eigenvalue weighted by molar-refractivity contribution is -0.384. The molecular formula is C18H14N4O4. The molecule has 0 spiro atoms. The quantitative estimate of drug-likeness (QED) is 0.416. The van der Waals surface area contributed by atoms with E-state index in [9.17, 15) is 20.0 Å². The summed E-state index contributed by atoms with van der Waals surface area (Å²) in [4.78, 5) is 25.3. The van der Waals surface area contributed by atoms with Crippen LogP contribution < -0.4 is 0 Å². The van der Waals surface area contributed by atoms with E-state index in [0.29, 0.717) is 17.3 Å². The molecule has 1 amide bonds. The summed E-state index contributed by atoms with van der Waals surface area (Å²) in [6.07, 6.45) is 0.715. The third-order valence-electron chi connectivity index (χ3n) is 4.53. The number of hydrogen-bond acceptors (Lipinski definition) is 5. The first-order valence-corrected chi connectivity index (χ1v) is 8.04. The molecule has 0 radical (unpaired) electrons. The van der Waals surface area contributed by atoms with Crippen LogP contribution in [0.15, 0.2) is 58.8 Å². The topological polar surface area (TPSA) is 121 Å². The maximum absolute atomic E-state index is 12.2. The molecule has 2 aromatic carbocycles. The predicted molar refractivity (Wildman–Crippen MR) is 93.4 cm³/mol. The van der Waals surface area contributed by atoms with Crippen molar-refractivity contribution in [2.24, 2.45) is 16.1 Å². The number of nitrogens with one attached hydrogen (secondary N) is 1. The fourth-order valence-corrected chi connectivity index (χ4v) is 3.08. The van der Waals surface area contributed by atoms with Gasteiger partial charge in [0.15, 0.2) is 5.69 Å². The number of azo groups is 1. The van der Waals surface area contributed by atoms with E-state index in [-0.39, 0.29) is 35.0 Å². The van der Waals surface area contributed by atoms with Crippen molar-refractivity contribution >= 4 is 28.2 Å². The van der Waals surface area contributed by atoms with Gasteiger partial charge in [0.1, 0.15) is 0 Å². The lowest BCUT2D eigenvalue weighted by Gasteiger charge is -1.97. The molecule has 3 aromatic rings. The number of aromatic nitrogens is 1. The Balaban J connectivity index is 1.57.